The number of amides is 1. The third-order valence-corrected chi connectivity index (χ3v) is 3.14. The van der Waals surface area contributed by atoms with E-state index in [1.54, 1.807) is 37.3 Å². The summed E-state index contributed by atoms with van der Waals surface area (Å²) in [5.74, 6) is 1.29. The first-order chi connectivity index (χ1) is 8.69. The summed E-state index contributed by atoms with van der Waals surface area (Å²) < 4.78 is 10.4. The van der Waals surface area contributed by atoms with Crippen molar-refractivity contribution in [1.29, 1.82) is 0 Å². The molecule has 0 spiro atoms. The standard InChI is InChI=1S/C13H17NO4/c1-17-10-3-4-12(18-2)11(6-10)14-7-9(8-15)5-13(14)16/h3-4,6,9,15H,5,7-8H2,1-2H3. The number of hydrogen-bond acceptors (Lipinski definition) is 4. The number of benzene rings is 1. The number of hydrogen-bond donors (Lipinski definition) is 1. The molecule has 1 unspecified atom stereocenters. The Morgan fingerprint density at radius 2 is 2.17 bits per heavy atom. The van der Waals surface area contributed by atoms with Crippen molar-refractivity contribution in [2.75, 3.05) is 32.3 Å². The van der Waals surface area contributed by atoms with Gasteiger partial charge >= 0.3 is 0 Å². The summed E-state index contributed by atoms with van der Waals surface area (Å²) in [7, 11) is 3.14. The van der Waals surface area contributed by atoms with E-state index in [4.69, 9.17) is 14.6 Å². The van der Waals surface area contributed by atoms with E-state index >= 15 is 0 Å². The molecule has 5 nitrogen and oxygen atoms in total. The van der Waals surface area contributed by atoms with Crippen LogP contribution in [0.5, 0.6) is 11.5 Å². The minimum Gasteiger partial charge on any atom is -0.497 e. The first kappa shape index (κ1) is 12.7. The fourth-order valence-electron chi connectivity index (χ4n) is 2.14. The van der Waals surface area contributed by atoms with Gasteiger partial charge in [0.1, 0.15) is 11.5 Å². The molecule has 18 heavy (non-hydrogen) atoms. The van der Waals surface area contributed by atoms with Crippen LogP contribution in [0.4, 0.5) is 5.69 Å². The topological polar surface area (TPSA) is 59.0 Å². The minimum absolute atomic E-state index is 0.000558. The average Bonchev–Trinajstić information content (AvgIpc) is 2.79. The number of ether oxygens (including phenoxy) is 2. The van der Waals surface area contributed by atoms with Crippen LogP contribution in [-0.4, -0.2) is 38.4 Å². The highest BCUT2D eigenvalue weighted by Gasteiger charge is 2.31. The Hall–Kier alpha value is -1.75. The minimum atomic E-state index is -0.00610. The second-order valence-electron chi connectivity index (χ2n) is 4.29. The number of rotatable bonds is 4. The first-order valence-electron chi connectivity index (χ1n) is 5.82. The molecule has 1 N–H and O–H groups in total. The second kappa shape index (κ2) is 5.27. The molecule has 1 aromatic rings. The molecule has 1 aromatic carbocycles. The zero-order chi connectivity index (χ0) is 13.1. The molecule has 1 saturated heterocycles. The second-order valence-corrected chi connectivity index (χ2v) is 4.29. The predicted molar refractivity (Wildman–Crippen MR) is 67.1 cm³/mol. The van der Waals surface area contributed by atoms with Crippen molar-refractivity contribution in [1.82, 2.24) is 0 Å². The molecule has 0 bridgehead atoms. The van der Waals surface area contributed by atoms with Gasteiger partial charge in [-0.15, -0.1) is 0 Å². The molecule has 0 aromatic heterocycles. The lowest BCUT2D eigenvalue weighted by Gasteiger charge is -2.20. The maximum absolute atomic E-state index is 11.9. The zero-order valence-electron chi connectivity index (χ0n) is 10.5. The summed E-state index contributed by atoms with van der Waals surface area (Å²) in [5.41, 5.74) is 0.692. The Balaban J connectivity index is 2.34. The Morgan fingerprint density at radius 1 is 1.39 bits per heavy atom. The molecule has 1 atom stereocenters. The maximum Gasteiger partial charge on any atom is 0.227 e. The quantitative estimate of drug-likeness (QED) is 0.869. The molecule has 98 valence electrons. The van der Waals surface area contributed by atoms with Gasteiger partial charge in [-0.3, -0.25) is 4.79 Å². The number of nitrogens with zero attached hydrogens (tertiary/aromatic N) is 1. The van der Waals surface area contributed by atoms with Crippen molar-refractivity contribution in [3.05, 3.63) is 18.2 Å². The Kier molecular flexibility index (Phi) is 3.72. The summed E-state index contributed by atoms with van der Waals surface area (Å²) in [6.07, 6.45) is 0.372. The molecule has 5 heteroatoms. The van der Waals surface area contributed by atoms with Gasteiger partial charge in [0.25, 0.3) is 0 Å². The smallest absolute Gasteiger partial charge is 0.227 e. The van der Waals surface area contributed by atoms with Crippen molar-refractivity contribution in [2.24, 2.45) is 5.92 Å². The molecular weight excluding hydrogens is 234 g/mol. The Bertz CT molecular complexity index is 447. The van der Waals surface area contributed by atoms with Crippen LogP contribution in [0.15, 0.2) is 18.2 Å². The van der Waals surface area contributed by atoms with E-state index in [2.05, 4.69) is 0 Å². The van der Waals surface area contributed by atoms with Crippen LogP contribution >= 0.6 is 0 Å². The van der Waals surface area contributed by atoms with Gasteiger partial charge in [-0.1, -0.05) is 0 Å². The van der Waals surface area contributed by atoms with Gasteiger partial charge in [-0.2, -0.15) is 0 Å². The van der Waals surface area contributed by atoms with Gasteiger partial charge in [-0.25, -0.2) is 0 Å². The number of anilines is 1. The van der Waals surface area contributed by atoms with Crippen molar-refractivity contribution in [3.63, 3.8) is 0 Å². The summed E-state index contributed by atoms with van der Waals surface area (Å²) in [5, 5.41) is 9.14. The van der Waals surface area contributed by atoms with E-state index in [1.807, 2.05) is 0 Å². The highest BCUT2D eigenvalue weighted by Crippen LogP contribution is 2.35. The lowest BCUT2D eigenvalue weighted by molar-refractivity contribution is -0.117. The molecular formula is C13H17NO4. The molecule has 1 aliphatic rings. The normalized spacial score (nSPS) is 19.2. The number of carbonyl (C=O) groups excluding carboxylic acids is 1. The summed E-state index contributed by atoms with van der Waals surface area (Å²) in [6, 6.07) is 5.33. The maximum atomic E-state index is 11.9. The van der Waals surface area contributed by atoms with Gasteiger partial charge in [0.05, 0.1) is 19.9 Å². The molecule has 1 aliphatic heterocycles. The van der Waals surface area contributed by atoms with E-state index in [1.165, 1.54) is 0 Å². The number of methoxy groups -OCH3 is 2. The van der Waals surface area contributed by atoms with Crippen LogP contribution in [0.3, 0.4) is 0 Å². The van der Waals surface area contributed by atoms with E-state index in [-0.39, 0.29) is 18.4 Å². The van der Waals surface area contributed by atoms with Gasteiger partial charge in [0.2, 0.25) is 5.91 Å². The van der Waals surface area contributed by atoms with Crippen molar-refractivity contribution < 1.29 is 19.4 Å². The highest BCUT2D eigenvalue weighted by molar-refractivity contribution is 5.97. The Morgan fingerprint density at radius 3 is 2.72 bits per heavy atom. The van der Waals surface area contributed by atoms with Crippen molar-refractivity contribution in [3.8, 4) is 11.5 Å². The third-order valence-electron chi connectivity index (χ3n) is 3.14. The number of carbonyl (C=O) groups is 1. The number of aliphatic hydroxyl groups excluding tert-OH is 1. The summed E-state index contributed by atoms with van der Waals surface area (Å²) in [6.45, 7) is 0.535. The van der Waals surface area contributed by atoms with Crippen molar-refractivity contribution >= 4 is 11.6 Å². The van der Waals surface area contributed by atoms with Crippen LogP contribution in [0.25, 0.3) is 0 Å². The largest absolute Gasteiger partial charge is 0.497 e. The third kappa shape index (κ3) is 2.26. The Labute approximate surface area is 106 Å². The van der Waals surface area contributed by atoms with Crippen LogP contribution in [0.1, 0.15) is 6.42 Å². The van der Waals surface area contributed by atoms with Gasteiger partial charge in [-0.05, 0) is 12.1 Å². The molecule has 1 heterocycles. The molecule has 0 radical (unpaired) electrons. The van der Waals surface area contributed by atoms with Crippen molar-refractivity contribution in [2.45, 2.75) is 6.42 Å². The summed E-state index contributed by atoms with van der Waals surface area (Å²) >= 11 is 0. The zero-order valence-corrected chi connectivity index (χ0v) is 10.5. The predicted octanol–water partition coefficient (Wildman–Crippen LogP) is 1.05. The molecule has 0 saturated carbocycles. The fourth-order valence-corrected chi connectivity index (χ4v) is 2.14. The van der Waals surface area contributed by atoms with Crippen LogP contribution in [0.2, 0.25) is 0 Å². The lowest BCUT2D eigenvalue weighted by atomic mass is 10.1. The number of aliphatic hydroxyl groups is 1. The monoisotopic (exact) mass is 251 g/mol. The van der Waals surface area contributed by atoms with Gasteiger partial charge < -0.3 is 19.5 Å². The van der Waals surface area contributed by atoms with Gasteiger partial charge in [0, 0.05) is 31.6 Å². The molecule has 2 rings (SSSR count). The van der Waals surface area contributed by atoms with E-state index in [0.717, 1.165) is 0 Å². The van der Waals surface area contributed by atoms with Crippen LogP contribution in [0, 0.1) is 5.92 Å². The molecule has 1 fully saturated rings. The van der Waals surface area contributed by atoms with Crippen LogP contribution in [-0.2, 0) is 4.79 Å². The SMILES string of the molecule is COc1ccc(OC)c(N2CC(CO)CC2=O)c1. The first-order valence-corrected chi connectivity index (χ1v) is 5.82. The van der Waals surface area contributed by atoms with Gasteiger partial charge in [0.15, 0.2) is 0 Å². The van der Waals surface area contributed by atoms with E-state index in [9.17, 15) is 4.79 Å². The highest BCUT2D eigenvalue weighted by atomic mass is 16.5. The van der Waals surface area contributed by atoms with E-state index < -0.39 is 0 Å². The summed E-state index contributed by atoms with van der Waals surface area (Å²) in [4.78, 5) is 13.6. The average molecular weight is 251 g/mol. The van der Waals surface area contributed by atoms with Crippen LogP contribution < -0.4 is 14.4 Å². The molecule has 0 aliphatic carbocycles. The lowest BCUT2D eigenvalue weighted by Crippen LogP contribution is -2.25. The molecule has 1 amide bonds. The van der Waals surface area contributed by atoms with E-state index in [0.29, 0.717) is 30.2 Å². The fraction of sp³-hybridized carbons (Fsp3) is 0.462.